The molecule has 1 rings (SSSR count). The van der Waals surface area contributed by atoms with E-state index in [1.165, 1.54) is 231 Å². The maximum Gasteiger partial charge on any atom is -0.0412 e. The fraction of sp³-hybridized carbons (Fsp3) is 1.00. The minimum Gasteiger partial charge on any atom is -0.0776 e. The third kappa shape index (κ3) is 62.1. The highest BCUT2D eigenvalue weighted by atomic mass is 14.3. The van der Waals surface area contributed by atoms with Gasteiger partial charge in [-0.2, -0.15) is 0 Å². The van der Waals surface area contributed by atoms with Crippen molar-refractivity contribution in [3.8, 4) is 0 Å². The smallest absolute Gasteiger partial charge is 0.0412 e. The van der Waals surface area contributed by atoms with Crippen molar-refractivity contribution in [2.45, 2.75) is 384 Å². The van der Waals surface area contributed by atoms with Crippen molar-refractivity contribution in [2.24, 2.45) is 53.3 Å². The van der Waals surface area contributed by atoms with Gasteiger partial charge in [-0.1, -0.05) is 345 Å². The predicted octanol–water partition coefficient (Wildman–Crippen LogP) is 26.6. The Balaban J connectivity index is -0.000000132. The Morgan fingerprint density at radius 2 is 0.493 bits per heavy atom. The third-order valence-corrected chi connectivity index (χ3v) is 15.4. The summed E-state index contributed by atoms with van der Waals surface area (Å²) in [7, 11) is 0. The third-order valence-electron chi connectivity index (χ3n) is 15.4. The van der Waals surface area contributed by atoms with Gasteiger partial charge in [-0.3, -0.25) is 0 Å². The lowest BCUT2D eigenvalue weighted by molar-refractivity contribution is 0.183. The number of rotatable bonds is 31. The normalized spacial score (nSPS) is 17.4. The molecule has 0 nitrogen and oxygen atoms in total. The molecule has 1 fully saturated rings. The minimum atomic E-state index is 0. The van der Waals surface area contributed by atoms with Crippen LogP contribution in [0.4, 0.5) is 0 Å². The Morgan fingerprint density at radius 3 is 0.701 bits per heavy atom. The maximum atomic E-state index is 2.39. The van der Waals surface area contributed by atoms with Crippen LogP contribution < -0.4 is 0 Å². The van der Waals surface area contributed by atoms with Gasteiger partial charge in [0.25, 0.3) is 0 Å². The van der Waals surface area contributed by atoms with Crippen LogP contribution in [0.5, 0.6) is 0 Å². The maximum absolute atomic E-state index is 2.39. The van der Waals surface area contributed by atoms with Gasteiger partial charge in [-0.25, -0.2) is 0 Å². The van der Waals surface area contributed by atoms with Crippen LogP contribution in [0.2, 0.25) is 0 Å². The molecule has 67 heavy (non-hydrogen) atoms. The summed E-state index contributed by atoms with van der Waals surface area (Å²) in [6.07, 6.45) is 50.8. The van der Waals surface area contributed by atoms with Gasteiger partial charge >= 0.3 is 0 Å². The molecule has 1 saturated carbocycles. The van der Waals surface area contributed by atoms with Crippen molar-refractivity contribution in [2.75, 3.05) is 0 Å². The van der Waals surface area contributed by atoms with Gasteiger partial charge in [-0.15, -0.1) is 0 Å². The first-order valence-electron chi connectivity index (χ1n) is 31.9. The number of unbranched alkanes of at least 4 members (excludes halogenated alkanes) is 8. The molecule has 0 aliphatic heterocycles. The van der Waals surface area contributed by atoms with E-state index in [0.717, 1.165) is 53.3 Å². The molecule has 0 saturated heterocycles. The Labute approximate surface area is 435 Å². The highest BCUT2D eigenvalue weighted by Crippen LogP contribution is 2.38. The monoisotopic (exact) mass is 953 g/mol. The fourth-order valence-electron chi connectivity index (χ4n) is 10.2. The summed E-state index contributed by atoms with van der Waals surface area (Å²) in [5, 5.41) is 0. The molecule has 2 unspecified atom stereocenters. The van der Waals surface area contributed by atoms with E-state index < -0.39 is 0 Å². The van der Waals surface area contributed by atoms with Gasteiger partial charge in [0.05, 0.1) is 0 Å². The van der Waals surface area contributed by atoms with E-state index in [-0.39, 0.29) is 7.43 Å². The lowest BCUT2D eigenvalue weighted by Gasteiger charge is -2.33. The second-order valence-corrected chi connectivity index (χ2v) is 21.7. The van der Waals surface area contributed by atoms with Gasteiger partial charge in [0.1, 0.15) is 0 Å². The van der Waals surface area contributed by atoms with Gasteiger partial charge in [0.2, 0.25) is 0 Å². The second kappa shape index (κ2) is 70.3. The molecule has 0 aromatic heterocycles. The van der Waals surface area contributed by atoms with E-state index >= 15 is 0 Å². The topological polar surface area (TPSA) is 0 Å². The van der Waals surface area contributed by atoms with Crippen molar-refractivity contribution in [1.29, 1.82) is 0 Å². The molecular weight excluding hydrogens is 805 g/mol. The number of hydrogen-bond donors (Lipinski definition) is 0. The van der Waals surface area contributed by atoms with Gasteiger partial charge in [0.15, 0.2) is 0 Å². The van der Waals surface area contributed by atoms with Crippen molar-refractivity contribution in [3.05, 3.63) is 0 Å². The summed E-state index contributed by atoms with van der Waals surface area (Å²) < 4.78 is 0. The molecule has 0 bridgehead atoms. The highest BCUT2D eigenvalue weighted by molar-refractivity contribution is 4.77. The van der Waals surface area contributed by atoms with Gasteiger partial charge in [-0.05, 0) is 91.8 Å². The van der Waals surface area contributed by atoms with E-state index in [1.807, 2.05) is 0 Å². The zero-order chi connectivity index (χ0) is 51.7. The molecule has 0 radical (unpaired) electrons. The van der Waals surface area contributed by atoms with Crippen LogP contribution in [-0.2, 0) is 0 Å². The average Bonchev–Trinajstić information content (AvgIpc) is 3.33. The van der Waals surface area contributed by atoms with Crippen molar-refractivity contribution in [3.63, 3.8) is 0 Å². The highest BCUT2D eigenvalue weighted by Gasteiger charge is 2.26. The summed E-state index contributed by atoms with van der Waals surface area (Å²) in [5.41, 5.74) is 0. The van der Waals surface area contributed by atoms with Crippen LogP contribution in [0.1, 0.15) is 384 Å². The van der Waals surface area contributed by atoms with Crippen LogP contribution in [0.15, 0.2) is 0 Å². The molecule has 416 valence electrons. The molecule has 0 aromatic rings. The van der Waals surface area contributed by atoms with E-state index in [0.29, 0.717) is 0 Å². The largest absolute Gasteiger partial charge is 0.0776 e. The lowest BCUT2D eigenvalue weighted by Crippen LogP contribution is -2.21. The number of hydrogen-bond acceptors (Lipinski definition) is 0. The standard InChI is InChI=1S/C16H32.C15H32.C12H26.C10H22.C7H16.2C3H8.CH4/c1-5-13-9-14(6-2)11-16(8-4)12-15(7-3)10-13;1-6-13(7-2)11-15(10-5)12-14(8-3)9-4;1-4-7-8-9-11-12(6-3)10-5-2;1-4-7-9-10(6-3)8-5-2;1-3-5-7-6-4-2;2*1-3-2;/h13-16H,5-12H2,1-4H3;13-15H,6-12H2,1-5H3;12H,4-11H2,1-3H3;10H,4-9H2,1-3H3;3-7H2,1-2H3;2*3H2,1-2H3;1H4. The first-order chi connectivity index (χ1) is 31.9. The van der Waals surface area contributed by atoms with Crippen LogP contribution in [0.25, 0.3) is 0 Å². The van der Waals surface area contributed by atoms with E-state index in [9.17, 15) is 0 Å². The Hall–Kier alpha value is 0. The first kappa shape index (κ1) is 81.1. The van der Waals surface area contributed by atoms with E-state index in [4.69, 9.17) is 0 Å². The summed E-state index contributed by atoms with van der Waals surface area (Å²) in [6, 6.07) is 0. The van der Waals surface area contributed by atoms with Crippen LogP contribution in [0.3, 0.4) is 0 Å². The van der Waals surface area contributed by atoms with E-state index in [2.05, 4.69) is 145 Å². The first-order valence-corrected chi connectivity index (χ1v) is 31.9. The summed E-state index contributed by atoms with van der Waals surface area (Å²) in [4.78, 5) is 0. The summed E-state index contributed by atoms with van der Waals surface area (Å²) in [5.74, 6) is 9.06. The second-order valence-electron chi connectivity index (χ2n) is 21.7. The SMILES string of the molecule is C.CCC.CCC.CCC(CC)CC(CC)CC(CC)CC.CCC1CC(CC)CC(CC)CC(CC)C1.CCCCC(CC)CCC.CCCCCCC.CCCCCCC(CC)CCC. The van der Waals surface area contributed by atoms with Crippen molar-refractivity contribution < 1.29 is 0 Å². The van der Waals surface area contributed by atoms with E-state index in [1.54, 1.807) is 0 Å². The molecule has 0 aromatic carbocycles. The fourth-order valence-corrected chi connectivity index (χ4v) is 10.2. The van der Waals surface area contributed by atoms with Gasteiger partial charge < -0.3 is 0 Å². The average molecular weight is 954 g/mol. The van der Waals surface area contributed by atoms with Crippen LogP contribution in [0, 0.1) is 53.3 Å². The molecule has 1 aliphatic carbocycles. The molecule has 0 amide bonds. The molecule has 0 spiro atoms. The lowest BCUT2D eigenvalue weighted by atomic mass is 9.72. The molecule has 0 N–H and O–H groups in total. The molecular formula is C67H148. The zero-order valence-corrected chi connectivity index (χ0v) is 51.7. The Kier molecular flexibility index (Phi) is 85.0. The predicted molar refractivity (Wildman–Crippen MR) is 324 cm³/mol. The zero-order valence-electron chi connectivity index (χ0n) is 51.7. The minimum absolute atomic E-state index is 0. The van der Waals surface area contributed by atoms with Crippen molar-refractivity contribution >= 4 is 0 Å². The molecule has 0 heterocycles. The summed E-state index contributed by atoms with van der Waals surface area (Å²) >= 11 is 0. The Morgan fingerprint density at radius 1 is 0.254 bits per heavy atom. The van der Waals surface area contributed by atoms with Crippen LogP contribution in [-0.4, -0.2) is 0 Å². The van der Waals surface area contributed by atoms with Crippen LogP contribution >= 0.6 is 0 Å². The van der Waals surface area contributed by atoms with Gasteiger partial charge in [0, 0.05) is 0 Å². The Bertz CT molecular complexity index is 677. The molecule has 1 aliphatic rings. The molecule has 2 atom stereocenters. The molecule has 0 heteroatoms. The van der Waals surface area contributed by atoms with Crippen molar-refractivity contribution in [1.82, 2.24) is 0 Å². The summed E-state index contributed by atoms with van der Waals surface area (Å²) in [6.45, 7) is 48.1. The quantitative estimate of drug-likeness (QED) is 0.0608.